The number of halogens is 2. The van der Waals surface area contributed by atoms with E-state index >= 15 is 0 Å². The summed E-state index contributed by atoms with van der Waals surface area (Å²) in [5.41, 5.74) is 6.31. The van der Waals surface area contributed by atoms with Crippen molar-refractivity contribution in [3.63, 3.8) is 0 Å². The van der Waals surface area contributed by atoms with Gasteiger partial charge in [-0.25, -0.2) is 23.7 Å². The number of hydrogen-bond donors (Lipinski definition) is 3. The third-order valence-corrected chi connectivity index (χ3v) is 6.87. The minimum absolute atomic E-state index is 0.0296. The summed E-state index contributed by atoms with van der Waals surface area (Å²) in [6, 6.07) is 8.44. The number of methoxy groups -OCH3 is 1. The number of nitrogens with one attached hydrogen (secondary N) is 2. The number of rotatable bonds is 7. The van der Waals surface area contributed by atoms with E-state index in [1.165, 1.54) is 37.7 Å². The van der Waals surface area contributed by atoms with Crippen LogP contribution in [0.4, 0.5) is 20.4 Å². The molecule has 0 spiro atoms. The number of nitrogen functional groups attached to an aromatic ring is 1. The van der Waals surface area contributed by atoms with Crippen LogP contribution in [0.15, 0.2) is 47.5 Å². The number of nitrogens with two attached hydrogens (primary N) is 1. The standard InChI is InChI=1S/C27H27F2N7O2/c1-38-20-11-10-15(12-18(20)29)24(30)23-25(31)33-14-34-26(23)32-13-21-35-19-9-5-8-17(28)22(19)27(37)36(21)16-6-3-2-4-7-16/h5,8-12,14,16,30H,2-4,6-7,13H2,1H3,(H3,31,32,33,34). The average Bonchev–Trinajstić information content (AvgIpc) is 2.92. The van der Waals surface area contributed by atoms with Crippen LogP contribution < -0.4 is 21.3 Å². The lowest BCUT2D eigenvalue weighted by Gasteiger charge is -2.27. The highest BCUT2D eigenvalue weighted by Gasteiger charge is 2.24. The summed E-state index contributed by atoms with van der Waals surface area (Å²) in [7, 11) is 1.36. The van der Waals surface area contributed by atoms with Gasteiger partial charge in [0.25, 0.3) is 5.56 Å². The summed E-state index contributed by atoms with van der Waals surface area (Å²) in [6.45, 7) is 0.0614. The summed E-state index contributed by atoms with van der Waals surface area (Å²) < 4.78 is 35.5. The summed E-state index contributed by atoms with van der Waals surface area (Å²) in [5, 5.41) is 11.8. The van der Waals surface area contributed by atoms with Crippen molar-refractivity contribution in [2.75, 3.05) is 18.2 Å². The van der Waals surface area contributed by atoms with E-state index in [4.69, 9.17) is 15.9 Å². The molecule has 2 aromatic heterocycles. The van der Waals surface area contributed by atoms with E-state index < -0.39 is 17.2 Å². The second kappa shape index (κ2) is 10.5. The van der Waals surface area contributed by atoms with Gasteiger partial charge >= 0.3 is 0 Å². The Morgan fingerprint density at radius 2 is 1.95 bits per heavy atom. The van der Waals surface area contributed by atoms with Crippen LogP contribution in [-0.2, 0) is 6.54 Å². The first-order chi connectivity index (χ1) is 18.4. The summed E-state index contributed by atoms with van der Waals surface area (Å²) in [5.74, 6) is -0.495. The number of ether oxygens (including phenoxy) is 1. The third-order valence-electron chi connectivity index (χ3n) is 6.87. The predicted octanol–water partition coefficient (Wildman–Crippen LogP) is 4.59. The topological polar surface area (TPSA) is 132 Å². The Hall–Kier alpha value is -4.41. The highest BCUT2D eigenvalue weighted by molar-refractivity contribution is 6.16. The van der Waals surface area contributed by atoms with Crippen LogP contribution in [0.3, 0.4) is 0 Å². The Bertz CT molecular complexity index is 1580. The van der Waals surface area contributed by atoms with Crippen molar-refractivity contribution in [3.05, 3.63) is 81.7 Å². The lowest BCUT2D eigenvalue weighted by molar-refractivity contribution is 0.337. The van der Waals surface area contributed by atoms with E-state index in [1.54, 1.807) is 16.7 Å². The lowest BCUT2D eigenvalue weighted by Crippen LogP contribution is -2.32. The zero-order valence-corrected chi connectivity index (χ0v) is 20.8. The molecule has 0 amide bonds. The van der Waals surface area contributed by atoms with E-state index in [9.17, 15) is 13.6 Å². The highest BCUT2D eigenvalue weighted by atomic mass is 19.1. The van der Waals surface area contributed by atoms with Gasteiger partial charge in [0, 0.05) is 11.6 Å². The Morgan fingerprint density at radius 3 is 2.68 bits per heavy atom. The normalized spacial score (nSPS) is 14.0. The molecule has 9 nitrogen and oxygen atoms in total. The first kappa shape index (κ1) is 25.2. The van der Waals surface area contributed by atoms with Crippen molar-refractivity contribution >= 4 is 28.3 Å². The molecule has 4 N–H and O–H groups in total. The number of aromatic nitrogens is 4. The summed E-state index contributed by atoms with van der Waals surface area (Å²) in [6.07, 6.45) is 5.89. The fraction of sp³-hybridized carbons (Fsp3) is 0.296. The highest BCUT2D eigenvalue weighted by Crippen LogP contribution is 2.30. The van der Waals surface area contributed by atoms with Crippen LogP contribution in [0.5, 0.6) is 5.75 Å². The number of fused-ring (bicyclic) bond motifs is 1. The molecule has 196 valence electrons. The minimum Gasteiger partial charge on any atom is -0.494 e. The maximum Gasteiger partial charge on any atom is 0.264 e. The summed E-state index contributed by atoms with van der Waals surface area (Å²) in [4.78, 5) is 26.4. The molecule has 0 atom stereocenters. The Morgan fingerprint density at radius 1 is 1.16 bits per heavy atom. The number of benzene rings is 2. The van der Waals surface area contributed by atoms with E-state index in [1.807, 2.05) is 0 Å². The SMILES string of the molecule is COc1ccc(C(=N)c2c(N)ncnc2NCc2nc3cccc(F)c3c(=O)n2C2CCCCC2)cc1F. The molecule has 0 radical (unpaired) electrons. The fourth-order valence-corrected chi connectivity index (χ4v) is 5.00. The molecule has 1 aliphatic carbocycles. The number of hydrogen-bond acceptors (Lipinski definition) is 8. The van der Waals surface area contributed by atoms with E-state index in [-0.39, 0.29) is 57.7 Å². The molecule has 11 heteroatoms. The molecular formula is C27H27F2N7O2. The molecule has 2 aromatic carbocycles. The van der Waals surface area contributed by atoms with E-state index in [2.05, 4.69) is 20.3 Å². The van der Waals surface area contributed by atoms with Gasteiger partial charge in [0.1, 0.15) is 35.0 Å². The Labute approximate surface area is 217 Å². The fourth-order valence-electron chi connectivity index (χ4n) is 5.00. The summed E-state index contributed by atoms with van der Waals surface area (Å²) >= 11 is 0. The van der Waals surface area contributed by atoms with Crippen molar-refractivity contribution in [2.24, 2.45) is 0 Å². The molecule has 1 fully saturated rings. The van der Waals surface area contributed by atoms with Crippen molar-refractivity contribution in [2.45, 2.75) is 44.7 Å². The van der Waals surface area contributed by atoms with Gasteiger partial charge in [-0.15, -0.1) is 0 Å². The molecule has 0 saturated heterocycles. The van der Waals surface area contributed by atoms with Gasteiger partial charge in [-0.2, -0.15) is 0 Å². The van der Waals surface area contributed by atoms with Crippen molar-refractivity contribution in [3.8, 4) is 5.75 Å². The zero-order chi connectivity index (χ0) is 26.8. The van der Waals surface area contributed by atoms with Crippen molar-refractivity contribution < 1.29 is 13.5 Å². The van der Waals surface area contributed by atoms with Crippen LogP contribution in [0.25, 0.3) is 10.9 Å². The minimum atomic E-state index is -0.622. The van der Waals surface area contributed by atoms with E-state index in [0.29, 0.717) is 5.82 Å². The van der Waals surface area contributed by atoms with Gasteiger partial charge in [0.15, 0.2) is 11.6 Å². The first-order valence-corrected chi connectivity index (χ1v) is 12.4. The van der Waals surface area contributed by atoms with E-state index in [0.717, 1.165) is 32.1 Å². The molecule has 1 saturated carbocycles. The first-order valence-electron chi connectivity index (χ1n) is 12.4. The maximum atomic E-state index is 14.6. The third kappa shape index (κ3) is 4.67. The average molecular weight is 520 g/mol. The zero-order valence-electron chi connectivity index (χ0n) is 20.8. The monoisotopic (exact) mass is 519 g/mol. The van der Waals surface area contributed by atoms with Gasteiger partial charge in [-0.3, -0.25) is 14.8 Å². The quantitative estimate of drug-likeness (QED) is 0.304. The van der Waals surface area contributed by atoms with Crippen LogP contribution in [0.1, 0.15) is 55.1 Å². The van der Waals surface area contributed by atoms with Crippen LogP contribution >= 0.6 is 0 Å². The second-order valence-corrected chi connectivity index (χ2v) is 9.19. The molecule has 4 aromatic rings. The van der Waals surface area contributed by atoms with Crippen LogP contribution in [0, 0.1) is 17.0 Å². The molecule has 2 heterocycles. The van der Waals surface area contributed by atoms with Crippen molar-refractivity contribution in [1.82, 2.24) is 19.5 Å². The van der Waals surface area contributed by atoms with Crippen molar-refractivity contribution in [1.29, 1.82) is 5.41 Å². The van der Waals surface area contributed by atoms with Crippen LogP contribution in [0.2, 0.25) is 0 Å². The molecule has 1 aliphatic rings. The lowest BCUT2D eigenvalue weighted by atomic mass is 9.95. The van der Waals surface area contributed by atoms with Gasteiger partial charge in [-0.1, -0.05) is 25.3 Å². The van der Waals surface area contributed by atoms with Gasteiger partial charge in [0.2, 0.25) is 0 Å². The van der Waals surface area contributed by atoms with Gasteiger partial charge < -0.3 is 15.8 Å². The molecule has 0 aliphatic heterocycles. The van der Waals surface area contributed by atoms with Gasteiger partial charge in [-0.05, 0) is 43.2 Å². The second-order valence-electron chi connectivity index (χ2n) is 9.19. The Kier molecular flexibility index (Phi) is 6.99. The molecule has 5 rings (SSSR count). The van der Waals surface area contributed by atoms with Gasteiger partial charge in [0.05, 0.1) is 30.4 Å². The predicted molar refractivity (Wildman–Crippen MR) is 141 cm³/mol. The largest absolute Gasteiger partial charge is 0.494 e. The number of nitrogens with zero attached hydrogens (tertiary/aromatic N) is 4. The number of anilines is 2. The molecule has 0 unspecified atom stereocenters. The smallest absolute Gasteiger partial charge is 0.264 e. The molecule has 0 bridgehead atoms. The molecule has 38 heavy (non-hydrogen) atoms. The molecular weight excluding hydrogens is 492 g/mol. The maximum absolute atomic E-state index is 14.6. The van der Waals surface area contributed by atoms with Crippen LogP contribution in [-0.4, -0.2) is 32.3 Å². The Balaban J connectivity index is 1.53.